The Morgan fingerprint density at radius 3 is 2.45 bits per heavy atom. The first-order chi connectivity index (χ1) is 18.1. The van der Waals surface area contributed by atoms with Crippen LogP contribution in [-0.2, 0) is 4.74 Å². The number of fused-ring (bicyclic) bond motifs is 5. The van der Waals surface area contributed by atoms with Gasteiger partial charge in [-0.15, -0.1) is 0 Å². The lowest BCUT2D eigenvalue weighted by Gasteiger charge is -2.33. The van der Waals surface area contributed by atoms with Gasteiger partial charge in [0.25, 0.3) is 5.56 Å². The van der Waals surface area contributed by atoms with Crippen molar-refractivity contribution in [2.24, 2.45) is 0 Å². The molecule has 2 aromatic heterocycles. The first-order valence-corrected chi connectivity index (χ1v) is 14.2. The molecule has 1 aliphatic carbocycles. The van der Waals surface area contributed by atoms with Crippen LogP contribution < -0.4 is 5.56 Å². The number of likely N-dealkylation sites (tertiary alicyclic amines) is 1. The van der Waals surface area contributed by atoms with E-state index < -0.39 is 5.60 Å². The predicted molar refractivity (Wildman–Crippen MR) is 149 cm³/mol. The van der Waals surface area contributed by atoms with Crippen LogP contribution >= 0.6 is 15.9 Å². The van der Waals surface area contributed by atoms with Gasteiger partial charge in [-0.1, -0.05) is 18.9 Å². The number of rotatable bonds is 2. The van der Waals surface area contributed by atoms with Gasteiger partial charge in [-0.3, -0.25) is 9.20 Å². The number of ether oxygens (including phenoxy) is 1. The Labute approximate surface area is 228 Å². The van der Waals surface area contributed by atoms with Crippen molar-refractivity contribution in [3.05, 3.63) is 56.5 Å². The van der Waals surface area contributed by atoms with Gasteiger partial charge in [0.1, 0.15) is 11.4 Å². The van der Waals surface area contributed by atoms with E-state index in [4.69, 9.17) is 4.74 Å². The zero-order valence-corrected chi connectivity index (χ0v) is 23.6. The molecule has 0 bridgehead atoms. The second-order valence-corrected chi connectivity index (χ2v) is 12.5. The summed E-state index contributed by atoms with van der Waals surface area (Å²) in [6, 6.07) is 9.41. The summed E-state index contributed by atoms with van der Waals surface area (Å²) in [5, 5.41) is 0.495. The summed E-state index contributed by atoms with van der Waals surface area (Å²) in [6.07, 6.45) is 5.27. The number of halogens is 2. The van der Waals surface area contributed by atoms with Gasteiger partial charge >= 0.3 is 6.09 Å². The minimum absolute atomic E-state index is 0.00737. The fourth-order valence-corrected chi connectivity index (χ4v) is 6.72. The van der Waals surface area contributed by atoms with E-state index in [1.54, 1.807) is 11.0 Å². The lowest BCUT2D eigenvalue weighted by Crippen LogP contribution is -2.41. The van der Waals surface area contributed by atoms with Gasteiger partial charge in [0.15, 0.2) is 0 Å². The first-order valence-electron chi connectivity index (χ1n) is 13.4. The van der Waals surface area contributed by atoms with Crippen LogP contribution in [0.2, 0.25) is 0 Å². The van der Waals surface area contributed by atoms with Crippen molar-refractivity contribution >= 4 is 49.7 Å². The monoisotopic (exact) mass is 582 g/mol. The van der Waals surface area contributed by atoms with Gasteiger partial charge in [-0.05, 0) is 92.1 Å². The van der Waals surface area contributed by atoms with Gasteiger partial charge in [0.05, 0.1) is 21.9 Å². The molecule has 1 saturated heterocycles. The highest BCUT2D eigenvalue weighted by atomic mass is 79.9. The number of carbonyl (C=O) groups is 1. The summed E-state index contributed by atoms with van der Waals surface area (Å²) in [5.74, 6) is 0.298. The Kier molecular flexibility index (Phi) is 6.24. The molecule has 0 spiro atoms. The van der Waals surface area contributed by atoms with E-state index in [1.807, 2.05) is 49.4 Å². The van der Waals surface area contributed by atoms with Crippen LogP contribution in [0.4, 0.5) is 9.18 Å². The van der Waals surface area contributed by atoms with Crippen LogP contribution in [0.3, 0.4) is 0 Å². The molecular formula is C29H32BrFN4O3. The molecule has 3 heterocycles. The fraction of sp³-hybridized carbons (Fsp3) is 0.483. The molecule has 200 valence electrons. The van der Waals surface area contributed by atoms with Crippen molar-refractivity contribution in [3.63, 3.8) is 0 Å². The van der Waals surface area contributed by atoms with E-state index in [0.29, 0.717) is 52.6 Å². The lowest BCUT2D eigenvalue weighted by atomic mass is 9.89. The third-order valence-electron chi connectivity index (χ3n) is 7.93. The molecule has 1 amide bonds. The molecule has 2 fully saturated rings. The minimum Gasteiger partial charge on any atom is -0.444 e. The van der Waals surface area contributed by atoms with Crippen LogP contribution in [0.15, 0.2) is 39.6 Å². The molecular weight excluding hydrogens is 551 g/mol. The molecule has 7 nitrogen and oxygen atoms in total. The molecule has 6 rings (SSSR count). The van der Waals surface area contributed by atoms with Gasteiger partial charge in [0, 0.05) is 29.7 Å². The largest absolute Gasteiger partial charge is 0.444 e. The normalized spacial score (nSPS) is 17.8. The number of hydrogen-bond acceptors (Lipinski definition) is 4. The average Bonchev–Trinajstić information content (AvgIpc) is 3.48. The molecule has 0 N–H and O–H groups in total. The van der Waals surface area contributed by atoms with E-state index >= 15 is 4.39 Å². The maximum atomic E-state index is 15.8. The van der Waals surface area contributed by atoms with E-state index in [9.17, 15) is 9.59 Å². The van der Waals surface area contributed by atoms with E-state index in [-0.39, 0.29) is 29.4 Å². The van der Waals surface area contributed by atoms with Crippen molar-refractivity contribution in [1.82, 2.24) is 18.9 Å². The fourth-order valence-electron chi connectivity index (χ4n) is 6.20. The Bertz CT molecular complexity index is 1620. The van der Waals surface area contributed by atoms with Crippen LogP contribution in [0.25, 0.3) is 27.7 Å². The summed E-state index contributed by atoms with van der Waals surface area (Å²) in [7, 11) is 0. The molecule has 0 radical (unpaired) electrons. The number of carbonyl (C=O) groups excluding carboxylic acids is 1. The van der Waals surface area contributed by atoms with Crippen LogP contribution in [0, 0.1) is 5.82 Å². The summed E-state index contributed by atoms with van der Waals surface area (Å²) in [6.45, 7) is 6.62. The zero-order valence-electron chi connectivity index (χ0n) is 22.0. The molecule has 1 aliphatic heterocycles. The smallest absolute Gasteiger partial charge is 0.410 e. The Morgan fingerprint density at radius 1 is 1.05 bits per heavy atom. The number of nitrogens with zero attached hydrogens (tertiary/aromatic N) is 4. The van der Waals surface area contributed by atoms with Gasteiger partial charge < -0.3 is 14.2 Å². The lowest BCUT2D eigenvalue weighted by molar-refractivity contribution is 0.0204. The zero-order chi connectivity index (χ0) is 26.8. The standard InChI is InChI=1S/C29H32BrFN4O3/c1-29(2,3)38-28(37)33-13-11-17(12-14-33)19-15-23-24(16-21(19)31)35-22-10-6-9-20(30)25(22)26(36)32-27(35)34(23)18-7-4-5-8-18/h6,9-10,15-18H,4-5,7-8,11-14H2,1-3H3. The highest BCUT2D eigenvalue weighted by Gasteiger charge is 2.31. The number of hydrogen-bond donors (Lipinski definition) is 0. The molecule has 1 saturated carbocycles. The van der Waals surface area contributed by atoms with E-state index in [1.165, 1.54) is 0 Å². The maximum Gasteiger partial charge on any atom is 0.410 e. The minimum atomic E-state index is -0.547. The second-order valence-electron chi connectivity index (χ2n) is 11.6. The summed E-state index contributed by atoms with van der Waals surface area (Å²) >= 11 is 3.51. The van der Waals surface area contributed by atoms with Crippen molar-refractivity contribution in [1.29, 1.82) is 0 Å². The Balaban J connectivity index is 1.46. The molecule has 38 heavy (non-hydrogen) atoms. The third kappa shape index (κ3) is 4.28. The molecule has 4 aromatic rings. The topological polar surface area (TPSA) is 68.8 Å². The van der Waals surface area contributed by atoms with Gasteiger partial charge in [0.2, 0.25) is 5.78 Å². The van der Waals surface area contributed by atoms with Crippen molar-refractivity contribution < 1.29 is 13.9 Å². The van der Waals surface area contributed by atoms with E-state index in [0.717, 1.165) is 36.7 Å². The highest BCUT2D eigenvalue weighted by molar-refractivity contribution is 9.10. The summed E-state index contributed by atoms with van der Waals surface area (Å²) < 4.78 is 26.2. The van der Waals surface area contributed by atoms with Crippen molar-refractivity contribution in [2.75, 3.05) is 13.1 Å². The Morgan fingerprint density at radius 2 is 1.76 bits per heavy atom. The number of aromatic nitrogens is 3. The highest BCUT2D eigenvalue weighted by Crippen LogP contribution is 2.39. The van der Waals surface area contributed by atoms with Crippen molar-refractivity contribution in [2.45, 2.75) is 76.9 Å². The van der Waals surface area contributed by atoms with E-state index in [2.05, 4.69) is 25.5 Å². The van der Waals surface area contributed by atoms with Crippen LogP contribution in [0.1, 0.15) is 76.8 Å². The van der Waals surface area contributed by atoms with Gasteiger partial charge in [-0.25, -0.2) is 9.18 Å². The van der Waals surface area contributed by atoms with Crippen molar-refractivity contribution in [3.8, 4) is 0 Å². The number of amides is 1. The molecule has 0 atom stereocenters. The number of piperidine rings is 1. The average molecular weight is 584 g/mol. The summed E-state index contributed by atoms with van der Waals surface area (Å²) in [5.41, 5.74) is 2.17. The predicted octanol–water partition coefficient (Wildman–Crippen LogP) is 6.93. The van der Waals surface area contributed by atoms with Crippen LogP contribution in [-0.4, -0.2) is 43.6 Å². The second kappa shape index (κ2) is 9.36. The SMILES string of the molecule is CC(C)(C)OC(=O)N1CCC(c2cc3c(cc2F)n2c4cccc(Br)c4c(=O)nc2n3C2CCCC2)CC1. The molecule has 9 heteroatoms. The number of imidazole rings is 1. The number of benzene rings is 2. The maximum absolute atomic E-state index is 15.8. The first kappa shape index (κ1) is 25.3. The van der Waals surface area contributed by atoms with Gasteiger partial charge in [-0.2, -0.15) is 4.98 Å². The quantitative estimate of drug-likeness (QED) is 0.257. The molecule has 2 aliphatic rings. The van der Waals surface area contributed by atoms with Crippen LogP contribution in [0.5, 0.6) is 0 Å². The molecule has 2 aromatic carbocycles. The molecule has 0 unspecified atom stereocenters. The summed E-state index contributed by atoms with van der Waals surface area (Å²) in [4.78, 5) is 31.9. The third-order valence-corrected chi connectivity index (χ3v) is 8.59. The Hall–Kier alpha value is -2.94.